The number of halogens is 1. The summed E-state index contributed by atoms with van der Waals surface area (Å²) in [6, 6.07) is 10.2. The van der Waals surface area contributed by atoms with Gasteiger partial charge in [-0.2, -0.15) is 15.5 Å². The summed E-state index contributed by atoms with van der Waals surface area (Å²) in [6.07, 6.45) is 1.42. The Hall–Kier alpha value is -4.72. The van der Waals surface area contributed by atoms with E-state index in [9.17, 15) is 14.0 Å². The largest absolute Gasteiger partial charge is 0.365 e. The molecule has 0 radical (unpaired) electrons. The third kappa shape index (κ3) is 3.15. The van der Waals surface area contributed by atoms with Crippen molar-refractivity contribution in [3.05, 3.63) is 70.8 Å². The molecule has 2 aromatic carbocycles. The second-order valence-corrected chi connectivity index (χ2v) is 8.02. The van der Waals surface area contributed by atoms with E-state index in [1.807, 2.05) is 6.07 Å². The first-order valence-electron chi connectivity index (χ1n) is 10.4. The van der Waals surface area contributed by atoms with Crippen molar-refractivity contribution in [2.24, 2.45) is 18.5 Å². The summed E-state index contributed by atoms with van der Waals surface area (Å²) in [5.41, 5.74) is 14.1. The number of carbonyl (C=O) groups excluding carboxylic acids is 2. The average molecular weight is 458 g/mol. The number of amides is 3. The molecule has 2 aromatic heterocycles. The molecule has 10 nitrogen and oxygen atoms in total. The van der Waals surface area contributed by atoms with Crippen molar-refractivity contribution in [2.45, 2.75) is 12.6 Å². The summed E-state index contributed by atoms with van der Waals surface area (Å²) in [5, 5.41) is 18.2. The topological polar surface area (TPSA) is 149 Å². The van der Waals surface area contributed by atoms with Crippen molar-refractivity contribution in [3.63, 3.8) is 0 Å². The van der Waals surface area contributed by atoms with Crippen LogP contribution >= 0.6 is 0 Å². The summed E-state index contributed by atoms with van der Waals surface area (Å²) < 4.78 is 18.0. The van der Waals surface area contributed by atoms with Crippen molar-refractivity contribution in [3.8, 4) is 17.3 Å². The summed E-state index contributed by atoms with van der Waals surface area (Å²) in [6.45, 7) is 0.503. The van der Waals surface area contributed by atoms with Crippen LogP contribution < -0.4 is 11.5 Å². The fraction of sp³-hybridized carbons (Fsp3) is 0.174. The van der Waals surface area contributed by atoms with Crippen LogP contribution in [0.1, 0.15) is 33.2 Å². The van der Waals surface area contributed by atoms with Gasteiger partial charge in [-0.3, -0.25) is 14.2 Å². The molecule has 0 aliphatic carbocycles. The molecule has 1 aliphatic rings. The second kappa shape index (κ2) is 7.70. The van der Waals surface area contributed by atoms with Gasteiger partial charge in [-0.15, -0.1) is 0 Å². The molecule has 0 bridgehead atoms. The van der Waals surface area contributed by atoms with Crippen molar-refractivity contribution in [2.75, 3.05) is 6.54 Å². The number of nitrogens with zero attached hydrogens (tertiary/aromatic N) is 6. The maximum Gasteiger partial charge on any atom is 0.315 e. The maximum absolute atomic E-state index is 14.8. The first-order chi connectivity index (χ1) is 16.3. The molecule has 3 heterocycles. The molecule has 0 saturated heterocycles. The van der Waals surface area contributed by atoms with E-state index in [-0.39, 0.29) is 24.3 Å². The number of aryl methyl sites for hydroxylation is 1. The van der Waals surface area contributed by atoms with Crippen molar-refractivity contribution in [1.82, 2.24) is 24.5 Å². The minimum atomic E-state index is -0.772. The lowest BCUT2D eigenvalue weighted by atomic mass is 9.94. The Kier molecular flexibility index (Phi) is 4.79. The smallest absolute Gasteiger partial charge is 0.315 e. The highest BCUT2D eigenvalue weighted by atomic mass is 19.1. The number of hydrogen-bond acceptors (Lipinski definition) is 5. The summed E-state index contributed by atoms with van der Waals surface area (Å²) in [4.78, 5) is 26.5. The van der Waals surface area contributed by atoms with Gasteiger partial charge in [0, 0.05) is 19.2 Å². The van der Waals surface area contributed by atoms with Crippen molar-refractivity contribution >= 4 is 22.8 Å². The van der Waals surface area contributed by atoms with Gasteiger partial charge in [-0.05, 0) is 29.8 Å². The van der Waals surface area contributed by atoms with Crippen LogP contribution in [0, 0.1) is 17.1 Å². The molecule has 5 rings (SSSR count). The second-order valence-electron chi connectivity index (χ2n) is 8.02. The maximum atomic E-state index is 14.8. The van der Waals surface area contributed by atoms with Gasteiger partial charge in [0.05, 0.1) is 46.5 Å². The number of hydrogen-bond donors (Lipinski definition) is 2. The van der Waals surface area contributed by atoms with E-state index < -0.39 is 23.8 Å². The van der Waals surface area contributed by atoms with Crippen LogP contribution in [0.4, 0.5) is 9.18 Å². The lowest BCUT2D eigenvalue weighted by molar-refractivity contribution is 0.0995. The molecule has 0 spiro atoms. The Morgan fingerprint density at radius 2 is 1.91 bits per heavy atom. The van der Waals surface area contributed by atoms with Crippen LogP contribution in [-0.2, 0) is 13.6 Å². The molecule has 170 valence electrons. The molecular formula is C23H19FN8O2. The van der Waals surface area contributed by atoms with Crippen molar-refractivity contribution in [1.29, 1.82) is 5.26 Å². The van der Waals surface area contributed by atoms with Gasteiger partial charge < -0.3 is 16.4 Å². The molecule has 34 heavy (non-hydrogen) atoms. The molecule has 3 amide bonds. The number of aromatic nitrogens is 4. The van der Waals surface area contributed by atoms with E-state index in [4.69, 9.17) is 16.7 Å². The Bertz CT molecular complexity index is 1510. The number of fused-ring (bicyclic) bond motifs is 2. The van der Waals surface area contributed by atoms with Crippen LogP contribution in [0.25, 0.3) is 22.2 Å². The van der Waals surface area contributed by atoms with Gasteiger partial charge in [-0.25, -0.2) is 9.18 Å². The van der Waals surface area contributed by atoms with Crippen LogP contribution in [0.15, 0.2) is 42.6 Å². The van der Waals surface area contributed by atoms with Crippen molar-refractivity contribution < 1.29 is 14.0 Å². The van der Waals surface area contributed by atoms with E-state index in [0.717, 1.165) is 0 Å². The number of nitrogens with two attached hydrogens (primary N) is 2. The molecule has 4 aromatic rings. The number of rotatable bonds is 3. The average Bonchev–Trinajstić information content (AvgIpc) is 3.39. The van der Waals surface area contributed by atoms with Gasteiger partial charge in [0.15, 0.2) is 0 Å². The van der Waals surface area contributed by atoms with Gasteiger partial charge in [-0.1, -0.05) is 12.1 Å². The Balaban J connectivity index is 1.76. The van der Waals surface area contributed by atoms with Gasteiger partial charge in [0.25, 0.3) is 5.91 Å². The van der Waals surface area contributed by atoms with Crippen LogP contribution in [0.3, 0.4) is 0 Å². The summed E-state index contributed by atoms with van der Waals surface area (Å²) >= 11 is 0. The lowest BCUT2D eigenvalue weighted by Crippen LogP contribution is -2.46. The van der Waals surface area contributed by atoms with Crippen LogP contribution in [0.2, 0.25) is 0 Å². The highest BCUT2D eigenvalue weighted by molar-refractivity contribution is 6.01. The quantitative estimate of drug-likeness (QED) is 0.482. The first kappa shape index (κ1) is 21.1. The molecule has 0 saturated carbocycles. The summed E-state index contributed by atoms with van der Waals surface area (Å²) in [7, 11) is 1.68. The highest BCUT2D eigenvalue weighted by Crippen LogP contribution is 2.39. The molecule has 1 aliphatic heterocycles. The van der Waals surface area contributed by atoms with Gasteiger partial charge in [0.1, 0.15) is 17.6 Å². The Morgan fingerprint density at radius 3 is 2.56 bits per heavy atom. The minimum Gasteiger partial charge on any atom is -0.365 e. The zero-order valence-electron chi connectivity index (χ0n) is 18.1. The fourth-order valence-electron chi connectivity index (χ4n) is 4.50. The summed E-state index contributed by atoms with van der Waals surface area (Å²) in [5.74, 6) is -1.28. The van der Waals surface area contributed by atoms with Gasteiger partial charge in [0.2, 0.25) is 0 Å². The van der Waals surface area contributed by atoms with E-state index in [2.05, 4.69) is 10.2 Å². The van der Waals surface area contributed by atoms with E-state index >= 15 is 0 Å². The standard InChI is InChI=1S/C23H19FN8O2/c1-30-17-9-14(8-16(24)15(17)11-28-30)19-18(22(26)33)21-20(13-4-2-12(10-25)3-5-13)31(23(27)34)6-7-32(21)29-19/h2-5,8-9,11,20H,6-7H2,1H3,(H2,26,33)(H2,27,34). The van der Waals surface area contributed by atoms with Gasteiger partial charge >= 0.3 is 6.03 Å². The monoisotopic (exact) mass is 458 g/mol. The number of carbonyl (C=O) groups is 2. The fourth-order valence-corrected chi connectivity index (χ4v) is 4.50. The predicted octanol–water partition coefficient (Wildman–Crippen LogP) is 2.03. The van der Waals surface area contributed by atoms with Crippen LogP contribution in [-0.4, -0.2) is 42.9 Å². The zero-order valence-corrected chi connectivity index (χ0v) is 18.1. The number of urea groups is 1. The molecule has 0 fully saturated rings. The molecule has 11 heteroatoms. The van der Waals surface area contributed by atoms with E-state index in [1.54, 1.807) is 42.1 Å². The molecule has 1 atom stereocenters. The first-order valence-corrected chi connectivity index (χ1v) is 10.4. The number of primary amides is 2. The third-order valence-electron chi connectivity index (χ3n) is 6.09. The predicted molar refractivity (Wildman–Crippen MR) is 120 cm³/mol. The minimum absolute atomic E-state index is 0.0706. The third-order valence-corrected chi connectivity index (χ3v) is 6.09. The Morgan fingerprint density at radius 1 is 1.18 bits per heavy atom. The number of benzene rings is 2. The SMILES string of the molecule is Cn1ncc2c(F)cc(-c3nn4c(c3C(N)=O)C(c3ccc(C#N)cc3)N(C(N)=O)CC4)cc21. The number of nitriles is 1. The molecule has 1 unspecified atom stereocenters. The van der Waals surface area contributed by atoms with E-state index in [1.165, 1.54) is 21.8 Å². The molecular weight excluding hydrogens is 439 g/mol. The van der Waals surface area contributed by atoms with E-state index in [0.29, 0.717) is 33.3 Å². The lowest BCUT2D eigenvalue weighted by Gasteiger charge is -2.35. The highest BCUT2D eigenvalue weighted by Gasteiger charge is 2.38. The molecule has 4 N–H and O–H groups in total. The van der Waals surface area contributed by atoms with Crippen LogP contribution in [0.5, 0.6) is 0 Å². The zero-order chi connectivity index (χ0) is 24.1. The normalized spacial score (nSPS) is 15.2. The Labute approximate surface area is 192 Å².